The van der Waals surface area contributed by atoms with Crippen LogP contribution >= 0.6 is 0 Å². The van der Waals surface area contributed by atoms with Crippen molar-refractivity contribution in [2.24, 2.45) is 0 Å². The van der Waals surface area contributed by atoms with Crippen molar-refractivity contribution in [3.8, 4) is 0 Å². The molecule has 0 fully saturated rings. The van der Waals surface area contributed by atoms with Gasteiger partial charge in [0.2, 0.25) is 0 Å². The van der Waals surface area contributed by atoms with Crippen LogP contribution in [0, 0.1) is 0 Å². The van der Waals surface area contributed by atoms with Crippen molar-refractivity contribution in [2.75, 3.05) is 6.61 Å². The molecular weight excluding hydrogens is 192 g/mol. The van der Waals surface area contributed by atoms with E-state index < -0.39 is 5.97 Å². The number of benzene rings is 1. The average Bonchev–Trinajstić information content (AvgIpc) is 2.54. The van der Waals surface area contributed by atoms with Gasteiger partial charge in [0.25, 0.3) is 0 Å². The second-order valence-corrected chi connectivity index (χ2v) is 3.38. The van der Waals surface area contributed by atoms with E-state index in [0.29, 0.717) is 18.6 Å². The minimum absolute atomic E-state index is 0.106. The Labute approximate surface area is 88.0 Å². The molecule has 2 rings (SSSR count). The lowest BCUT2D eigenvalue weighted by Gasteiger charge is -2.04. The predicted molar refractivity (Wildman–Crippen MR) is 56.3 cm³/mol. The summed E-state index contributed by atoms with van der Waals surface area (Å²) >= 11 is 0. The molecule has 0 heterocycles. The number of allylic oxidation sites excluding steroid dienone is 1. The van der Waals surface area contributed by atoms with E-state index in [2.05, 4.69) is 0 Å². The molecule has 0 radical (unpaired) electrons. The van der Waals surface area contributed by atoms with Gasteiger partial charge in [0.15, 0.2) is 0 Å². The van der Waals surface area contributed by atoms with E-state index in [-0.39, 0.29) is 5.76 Å². The van der Waals surface area contributed by atoms with Crippen molar-refractivity contribution < 1.29 is 14.6 Å². The summed E-state index contributed by atoms with van der Waals surface area (Å²) in [6.45, 7) is 2.06. The molecule has 3 nitrogen and oxygen atoms in total. The largest absolute Gasteiger partial charge is 0.511 e. The molecule has 0 unspecified atom stereocenters. The molecule has 0 aromatic heterocycles. The lowest BCUT2D eigenvalue weighted by atomic mass is 10.1. The van der Waals surface area contributed by atoms with Crippen LogP contribution in [0.4, 0.5) is 0 Å². The second-order valence-electron chi connectivity index (χ2n) is 3.38. The fourth-order valence-corrected chi connectivity index (χ4v) is 1.77. The summed E-state index contributed by atoms with van der Waals surface area (Å²) < 4.78 is 4.90. The molecule has 1 aliphatic rings. The van der Waals surface area contributed by atoms with E-state index in [1.54, 1.807) is 6.92 Å². The number of hydrogen-bond donors (Lipinski definition) is 1. The van der Waals surface area contributed by atoms with E-state index in [4.69, 9.17) is 4.74 Å². The van der Waals surface area contributed by atoms with Gasteiger partial charge in [0.1, 0.15) is 11.3 Å². The van der Waals surface area contributed by atoms with Crippen LogP contribution < -0.4 is 0 Å². The molecule has 0 atom stereocenters. The van der Waals surface area contributed by atoms with Crippen molar-refractivity contribution in [1.29, 1.82) is 0 Å². The lowest BCUT2D eigenvalue weighted by Crippen LogP contribution is -2.07. The molecule has 0 spiro atoms. The first-order valence-electron chi connectivity index (χ1n) is 4.91. The number of carbonyl (C=O) groups excluding carboxylic acids is 1. The molecule has 0 saturated carbocycles. The van der Waals surface area contributed by atoms with Gasteiger partial charge in [-0.2, -0.15) is 0 Å². The fraction of sp³-hybridized carbons (Fsp3) is 0.250. The maximum Gasteiger partial charge on any atom is 0.342 e. The minimum atomic E-state index is -0.444. The third-order valence-corrected chi connectivity index (χ3v) is 2.41. The van der Waals surface area contributed by atoms with Crippen LogP contribution in [0.3, 0.4) is 0 Å². The zero-order valence-electron chi connectivity index (χ0n) is 8.49. The van der Waals surface area contributed by atoms with Crippen molar-refractivity contribution >= 4 is 11.5 Å². The van der Waals surface area contributed by atoms with Gasteiger partial charge in [-0.3, -0.25) is 0 Å². The summed E-state index contributed by atoms with van der Waals surface area (Å²) in [4.78, 5) is 11.6. The van der Waals surface area contributed by atoms with Gasteiger partial charge in [0.05, 0.1) is 6.61 Å². The first-order chi connectivity index (χ1) is 7.24. The predicted octanol–water partition coefficient (Wildman–Crippen LogP) is 2.07. The number of fused-ring (bicyclic) bond motifs is 1. The Morgan fingerprint density at radius 1 is 1.47 bits per heavy atom. The number of esters is 1. The Kier molecular flexibility index (Phi) is 2.46. The lowest BCUT2D eigenvalue weighted by molar-refractivity contribution is -0.136. The van der Waals surface area contributed by atoms with Gasteiger partial charge in [0, 0.05) is 6.42 Å². The molecule has 0 bridgehead atoms. The minimum Gasteiger partial charge on any atom is -0.511 e. The maximum absolute atomic E-state index is 11.6. The van der Waals surface area contributed by atoms with Crippen LogP contribution in [-0.4, -0.2) is 17.7 Å². The van der Waals surface area contributed by atoms with Gasteiger partial charge in [-0.25, -0.2) is 4.79 Å². The van der Waals surface area contributed by atoms with E-state index >= 15 is 0 Å². The third-order valence-electron chi connectivity index (χ3n) is 2.41. The van der Waals surface area contributed by atoms with Crippen LogP contribution in [0.5, 0.6) is 0 Å². The zero-order valence-corrected chi connectivity index (χ0v) is 8.49. The van der Waals surface area contributed by atoms with E-state index in [9.17, 15) is 9.90 Å². The molecule has 0 aliphatic heterocycles. The van der Waals surface area contributed by atoms with E-state index in [1.807, 2.05) is 24.3 Å². The Balaban J connectivity index is 2.40. The maximum atomic E-state index is 11.6. The monoisotopic (exact) mass is 204 g/mol. The molecule has 0 amide bonds. The van der Waals surface area contributed by atoms with Crippen LogP contribution in [-0.2, 0) is 16.0 Å². The van der Waals surface area contributed by atoms with Gasteiger partial charge in [-0.05, 0) is 18.1 Å². The smallest absolute Gasteiger partial charge is 0.342 e. The summed E-state index contributed by atoms with van der Waals surface area (Å²) in [6.07, 6.45) is 0.421. The Morgan fingerprint density at radius 3 is 2.93 bits per heavy atom. The Hall–Kier alpha value is -1.77. The molecule has 1 aromatic rings. The van der Waals surface area contributed by atoms with Crippen molar-refractivity contribution in [3.63, 3.8) is 0 Å². The van der Waals surface area contributed by atoms with Crippen LogP contribution in [0.15, 0.2) is 30.0 Å². The fourth-order valence-electron chi connectivity index (χ4n) is 1.77. The Bertz CT molecular complexity index is 432. The van der Waals surface area contributed by atoms with Crippen molar-refractivity contribution in [1.82, 2.24) is 0 Å². The second kappa shape index (κ2) is 3.77. The molecular formula is C12H12O3. The number of aliphatic hydroxyl groups excluding tert-OH is 1. The summed E-state index contributed by atoms with van der Waals surface area (Å²) in [5.41, 5.74) is 2.07. The van der Waals surface area contributed by atoms with E-state index in [0.717, 1.165) is 11.1 Å². The molecule has 3 heteroatoms. The first-order valence-corrected chi connectivity index (χ1v) is 4.91. The molecule has 78 valence electrons. The van der Waals surface area contributed by atoms with Crippen molar-refractivity contribution in [3.05, 3.63) is 41.2 Å². The van der Waals surface area contributed by atoms with Gasteiger partial charge < -0.3 is 9.84 Å². The van der Waals surface area contributed by atoms with E-state index in [1.165, 1.54) is 0 Å². The average molecular weight is 204 g/mol. The third kappa shape index (κ3) is 1.61. The molecule has 1 aliphatic carbocycles. The van der Waals surface area contributed by atoms with Crippen LogP contribution in [0.25, 0.3) is 5.57 Å². The number of carbonyl (C=O) groups is 1. The standard InChI is InChI=1S/C12H12O3/c1-2-15-12(14)11-9-6-4-3-5-8(9)7-10(11)13/h3-6,13H,2,7H2,1H3. The first kappa shape index (κ1) is 9.77. The molecule has 1 N–H and O–H groups in total. The van der Waals surface area contributed by atoms with Gasteiger partial charge in [-0.15, -0.1) is 0 Å². The highest BCUT2D eigenvalue weighted by Gasteiger charge is 2.26. The molecule has 0 saturated heterocycles. The van der Waals surface area contributed by atoms with Gasteiger partial charge >= 0.3 is 5.97 Å². The summed E-state index contributed by atoms with van der Waals surface area (Å²) in [5.74, 6) is -0.338. The molecule has 1 aromatic carbocycles. The van der Waals surface area contributed by atoms with Crippen LogP contribution in [0.1, 0.15) is 18.1 Å². The highest BCUT2D eigenvalue weighted by Crippen LogP contribution is 2.31. The number of ether oxygens (including phenoxy) is 1. The highest BCUT2D eigenvalue weighted by molar-refractivity contribution is 6.18. The summed E-state index contributed by atoms with van der Waals surface area (Å²) in [6, 6.07) is 7.46. The van der Waals surface area contributed by atoms with Gasteiger partial charge in [-0.1, -0.05) is 24.3 Å². The van der Waals surface area contributed by atoms with Crippen molar-refractivity contribution in [2.45, 2.75) is 13.3 Å². The summed E-state index contributed by atoms with van der Waals surface area (Å²) in [5, 5.41) is 9.69. The Morgan fingerprint density at radius 2 is 2.20 bits per heavy atom. The molecule has 15 heavy (non-hydrogen) atoms. The number of rotatable bonds is 2. The quantitative estimate of drug-likeness (QED) is 0.750. The topological polar surface area (TPSA) is 46.5 Å². The highest BCUT2D eigenvalue weighted by atomic mass is 16.5. The SMILES string of the molecule is CCOC(=O)C1=C(O)Cc2ccccc21. The normalized spacial score (nSPS) is 13.9. The number of hydrogen-bond acceptors (Lipinski definition) is 3. The zero-order chi connectivity index (χ0) is 10.8. The van der Waals surface area contributed by atoms with Crippen LogP contribution in [0.2, 0.25) is 0 Å². The number of aliphatic hydroxyl groups is 1. The summed E-state index contributed by atoms with van der Waals surface area (Å²) in [7, 11) is 0.